The summed E-state index contributed by atoms with van der Waals surface area (Å²) in [5.41, 5.74) is 0. The predicted molar refractivity (Wildman–Crippen MR) is 68.9 cm³/mol. The molecule has 1 fully saturated rings. The van der Waals surface area contributed by atoms with Crippen LogP contribution in [0.4, 0.5) is 0 Å². The van der Waals surface area contributed by atoms with Gasteiger partial charge in [0.2, 0.25) is 10.0 Å². The zero-order chi connectivity index (χ0) is 14.9. The van der Waals surface area contributed by atoms with Crippen LogP contribution < -0.4 is 4.74 Å². The molecule has 2 N–H and O–H groups in total. The zero-order valence-electron chi connectivity index (χ0n) is 10.8. The monoisotopic (exact) mass is 301 g/mol. The molecule has 2 atom stereocenters. The lowest BCUT2D eigenvalue weighted by molar-refractivity contribution is -0.140. The number of methoxy groups -OCH3 is 1. The Hall–Kier alpha value is -1.64. The lowest BCUT2D eigenvalue weighted by Crippen LogP contribution is -2.40. The van der Waals surface area contributed by atoms with Gasteiger partial charge in [-0.15, -0.1) is 0 Å². The number of nitrogens with zero attached hydrogens (tertiary/aromatic N) is 1. The van der Waals surface area contributed by atoms with Crippen LogP contribution in [0.3, 0.4) is 0 Å². The maximum atomic E-state index is 12.5. The Morgan fingerprint density at radius 2 is 2.05 bits per heavy atom. The Morgan fingerprint density at radius 3 is 2.65 bits per heavy atom. The fourth-order valence-corrected chi connectivity index (χ4v) is 4.02. The number of hydrogen-bond acceptors (Lipinski definition) is 5. The van der Waals surface area contributed by atoms with Crippen molar-refractivity contribution < 1.29 is 28.2 Å². The van der Waals surface area contributed by atoms with Crippen molar-refractivity contribution in [1.82, 2.24) is 4.31 Å². The van der Waals surface area contributed by atoms with E-state index in [1.165, 1.54) is 25.3 Å². The van der Waals surface area contributed by atoms with Gasteiger partial charge in [0, 0.05) is 13.0 Å². The van der Waals surface area contributed by atoms with E-state index in [9.17, 15) is 18.3 Å². The molecule has 1 aromatic rings. The van der Waals surface area contributed by atoms with E-state index in [1.54, 1.807) is 6.07 Å². The van der Waals surface area contributed by atoms with Crippen LogP contribution >= 0.6 is 0 Å². The topological polar surface area (TPSA) is 104 Å². The summed E-state index contributed by atoms with van der Waals surface area (Å²) in [5.74, 6) is -1.14. The van der Waals surface area contributed by atoms with E-state index in [-0.39, 0.29) is 23.6 Å². The lowest BCUT2D eigenvalue weighted by atomic mass is 10.2. The Bertz CT molecular complexity index is 614. The third-order valence-corrected chi connectivity index (χ3v) is 5.09. The summed E-state index contributed by atoms with van der Waals surface area (Å²) < 4.78 is 30.9. The molecule has 0 unspecified atom stereocenters. The number of ether oxygens (including phenoxy) is 1. The Balaban J connectivity index is 2.46. The molecule has 2 rings (SSSR count). The van der Waals surface area contributed by atoms with Crippen molar-refractivity contribution in [3.05, 3.63) is 24.3 Å². The summed E-state index contributed by atoms with van der Waals surface area (Å²) in [6.07, 6.45) is -1.11. The molecule has 0 bridgehead atoms. The van der Waals surface area contributed by atoms with Crippen molar-refractivity contribution in [3.8, 4) is 5.75 Å². The SMILES string of the molecule is COc1ccccc1S(=O)(=O)N1C[C@@H](O)C[C@H]1C(=O)O. The summed E-state index contributed by atoms with van der Waals surface area (Å²) >= 11 is 0. The van der Waals surface area contributed by atoms with Gasteiger partial charge >= 0.3 is 5.97 Å². The predicted octanol–water partition coefficient (Wildman–Crippen LogP) is -0.0963. The standard InChI is InChI=1S/C12H15NO6S/c1-19-10-4-2-3-5-11(10)20(17,18)13-7-8(14)6-9(13)12(15)16/h2-5,8-9,14H,6-7H2,1H3,(H,15,16)/t8-,9-/m0/s1. The van der Waals surface area contributed by atoms with E-state index < -0.39 is 28.1 Å². The number of rotatable bonds is 4. The van der Waals surface area contributed by atoms with Gasteiger partial charge in [-0.3, -0.25) is 4.79 Å². The van der Waals surface area contributed by atoms with Crippen LogP contribution in [-0.4, -0.2) is 54.7 Å². The first kappa shape index (κ1) is 14.8. The van der Waals surface area contributed by atoms with E-state index in [4.69, 9.17) is 9.84 Å². The molecular weight excluding hydrogens is 286 g/mol. The molecule has 1 aliphatic rings. The Labute approximate surface area is 116 Å². The van der Waals surface area contributed by atoms with Crippen LogP contribution in [0.1, 0.15) is 6.42 Å². The van der Waals surface area contributed by atoms with Crippen LogP contribution in [0.25, 0.3) is 0 Å². The minimum atomic E-state index is -4.04. The van der Waals surface area contributed by atoms with E-state index in [0.717, 1.165) is 4.31 Å². The number of sulfonamides is 1. The highest BCUT2D eigenvalue weighted by Crippen LogP contribution is 2.31. The summed E-state index contributed by atoms with van der Waals surface area (Å²) in [6, 6.07) is 4.70. The number of carboxylic acid groups (broad SMARTS) is 1. The average molecular weight is 301 g/mol. The second kappa shape index (κ2) is 5.39. The van der Waals surface area contributed by atoms with Crippen LogP contribution in [0.5, 0.6) is 5.75 Å². The molecule has 1 heterocycles. The zero-order valence-corrected chi connectivity index (χ0v) is 11.6. The number of aliphatic hydroxyl groups is 1. The highest BCUT2D eigenvalue weighted by atomic mass is 32.2. The third kappa shape index (κ3) is 2.49. The summed E-state index contributed by atoms with van der Waals surface area (Å²) in [5, 5.41) is 18.6. The van der Waals surface area contributed by atoms with Crippen molar-refractivity contribution in [1.29, 1.82) is 0 Å². The largest absolute Gasteiger partial charge is 0.495 e. The van der Waals surface area contributed by atoms with Gasteiger partial charge < -0.3 is 14.9 Å². The van der Waals surface area contributed by atoms with Gasteiger partial charge in [0.25, 0.3) is 0 Å². The van der Waals surface area contributed by atoms with E-state index in [0.29, 0.717) is 0 Å². The lowest BCUT2D eigenvalue weighted by Gasteiger charge is -2.21. The number of β-amino-alcohol motifs (C(OH)–C–C–N with tert-alkyl or cyclic N) is 1. The second-order valence-corrected chi connectivity index (χ2v) is 6.33. The third-order valence-electron chi connectivity index (χ3n) is 3.17. The minimum Gasteiger partial charge on any atom is -0.495 e. The highest BCUT2D eigenvalue weighted by molar-refractivity contribution is 7.89. The first-order valence-electron chi connectivity index (χ1n) is 5.93. The van der Waals surface area contributed by atoms with Gasteiger partial charge in [0.1, 0.15) is 16.7 Å². The molecule has 0 aromatic heterocycles. The molecule has 0 radical (unpaired) electrons. The van der Waals surface area contributed by atoms with Gasteiger partial charge in [-0.05, 0) is 12.1 Å². The second-order valence-electron chi connectivity index (χ2n) is 4.47. The summed E-state index contributed by atoms with van der Waals surface area (Å²) in [4.78, 5) is 11.0. The smallest absolute Gasteiger partial charge is 0.322 e. The number of carboxylic acids is 1. The molecule has 0 amide bonds. The van der Waals surface area contributed by atoms with Crippen molar-refractivity contribution in [2.75, 3.05) is 13.7 Å². The minimum absolute atomic E-state index is 0.108. The maximum absolute atomic E-state index is 12.5. The first-order chi connectivity index (χ1) is 9.37. The summed E-state index contributed by atoms with van der Waals surface area (Å²) in [6.45, 7) is -0.239. The fraction of sp³-hybridized carbons (Fsp3) is 0.417. The van der Waals surface area contributed by atoms with Crippen molar-refractivity contribution in [2.45, 2.75) is 23.5 Å². The Morgan fingerprint density at radius 1 is 1.40 bits per heavy atom. The number of hydrogen-bond donors (Lipinski definition) is 2. The molecule has 0 aliphatic carbocycles. The van der Waals surface area contributed by atoms with Crippen molar-refractivity contribution in [2.24, 2.45) is 0 Å². The molecule has 7 nitrogen and oxygen atoms in total. The van der Waals surface area contributed by atoms with Crippen LogP contribution in [0.2, 0.25) is 0 Å². The molecular formula is C12H15NO6S. The number of aliphatic carboxylic acids is 1. The summed E-state index contributed by atoms with van der Waals surface area (Å²) in [7, 11) is -2.71. The van der Waals surface area contributed by atoms with Gasteiger partial charge in [-0.1, -0.05) is 12.1 Å². The van der Waals surface area contributed by atoms with Crippen molar-refractivity contribution in [3.63, 3.8) is 0 Å². The maximum Gasteiger partial charge on any atom is 0.322 e. The average Bonchev–Trinajstić information content (AvgIpc) is 2.82. The molecule has 0 spiro atoms. The fourth-order valence-electron chi connectivity index (χ4n) is 2.23. The van der Waals surface area contributed by atoms with Gasteiger partial charge in [-0.25, -0.2) is 8.42 Å². The normalized spacial score (nSPS) is 23.7. The molecule has 1 aromatic carbocycles. The quantitative estimate of drug-likeness (QED) is 0.805. The molecule has 20 heavy (non-hydrogen) atoms. The van der Waals surface area contributed by atoms with Crippen LogP contribution in [0, 0.1) is 0 Å². The van der Waals surface area contributed by atoms with Crippen molar-refractivity contribution >= 4 is 16.0 Å². The van der Waals surface area contributed by atoms with E-state index >= 15 is 0 Å². The number of para-hydroxylation sites is 1. The number of aliphatic hydroxyl groups excluding tert-OH is 1. The highest BCUT2D eigenvalue weighted by Gasteiger charge is 2.44. The van der Waals surface area contributed by atoms with Gasteiger partial charge in [0.15, 0.2) is 0 Å². The van der Waals surface area contributed by atoms with E-state index in [2.05, 4.69) is 0 Å². The molecule has 1 aliphatic heterocycles. The molecule has 0 saturated carbocycles. The molecule has 8 heteroatoms. The first-order valence-corrected chi connectivity index (χ1v) is 7.37. The van der Waals surface area contributed by atoms with Gasteiger partial charge in [0.05, 0.1) is 13.2 Å². The van der Waals surface area contributed by atoms with E-state index in [1.807, 2.05) is 0 Å². The molecule has 110 valence electrons. The van der Waals surface area contributed by atoms with Crippen LogP contribution in [-0.2, 0) is 14.8 Å². The van der Waals surface area contributed by atoms with Gasteiger partial charge in [-0.2, -0.15) is 4.31 Å². The van der Waals surface area contributed by atoms with Crippen LogP contribution in [0.15, 0.2) is 29.2 Å². The number of carbonyl (C=O) groups is 1. The molecule has 1 saturated heterocycles. The Kier molecular flexibility index (Phi) is 3.98. The number of benzene rings is 1.